The third-order valence-corrected chi connectivity index (χ3v) is 11.0. The van der Waals surface area contributed by atoms with E-state index in [1.807, 2.05) is 0 Å². The van der Waals surface area contributed by atoms with Gasteiger partial charge in [-0.25, -0.2) is 9.78 Å². The Bertz CT molecular complexity index is 1110. The van der Waals surface area contributed by atoms with E-state index in [9.17, 15) is 13.2 Å². The van der Waals surface area contributed by atoms with Gasteiger partial charge >= 0.3 is 5.97 Å². The Balaban J connectivity index is 1.15. The highest BCUT2D eigenvalue weighted by Gasteiger charge is 2.35. The van der Waals surface area contributed by atoms with Crippen LogP contribution in [0.1, 0.15) is 91.6 Å². The molecule has 0 atom stereocenters. The van der Waals surface area contributed by atoms with Gasteiger partial charge < -0.3 is 5.11 Å². The highest BCUT2D eigenvalue weighted by molar-refractivity contribution is 7.94. The normalized spacial score (nSPS) is 24.5. The van der Waals surface area contributed by atoms with E-state index < -0.39 is 16.0 Å². The number of anilines is 1. The van der Waals surface area contributed by atoms with Crippen molar-refractivity contribution in [3.8, 4) is 0 Å². The molecule has 1 aromatic carbocycles. The van der Waals surface area contributed by atoms with Crippen molar-refractivity contribution >= 4 is 33.0 Å². The molecule has 2 aliphatic carbocycles. The van der Waals surface area contributed by atoms with Crippen LogP contribution < -0.4 is 4.72 Å². The highest BCUT2D eigenvalue weighted by atomic mass is 32.2. The number of carbonyl (C=O) groups is 1. The fourth-order valence-corrected chi connectivity index (χ4v) is 8.64. The first-order valence-electron chi connectivity index (χ1n) is 13.0. The van der Waals surface area contributed by atoms with Gasteiger partial charge in [-0.15, -0.1) is 11.3 Å². The maximum Gasteiger partial charge on any atom is 0.335 e. The van der Waals surface area contributed by atoms with Crippen LogP contribution in [0.15, 0.2) is 28.6 Å². The Morgan fingerprint density at radius 2 is 1.54 bits per heavy atom. The maximum absolute atomic E-state index is 12.8. The average molecular weight is 518 g/mol. The molecule has 0 unspecified atom stereocenters. The van der Waals surface area contributed by atoms with Gasteiger partial charge in [-0.2, -0.15) is 8.42 Å². The minimum Gasteiger partial charge on any atom is -0.478 e. The summed E-state index contributed by atoms with van der Waals surface area (Å²) in [4.78, 5) is 19.0. The lowest BCUT2D eigenvalue weighted by Crippen LogP contribution is -2.36. The van der Waals surface area contributed by atoms with Crippen molar-refractivity contribution < 1.29 is 18.3 Å². The molecule has 35 heavy (non-hydrogen) atoms. The van der Waals surface area contributed by atoms with Crippen LogP contribution in [0.25, 0.3) is 0 Å². The number of hydrogen-bond acceptors (Lipinski definition) is 6. The number of sulfonamides is 1. The van der Waals surface area contributed by atoms with Gasteiger partial charge in [-0.1, -0.05) is 44.9 Å². The number of carboxylic acids is 1. The van der Waals surface area contributed by atoms with Crippen LogP contribution in [0.2, 0.25) is 0 Å². The molecule has 1 aromatic heterocycles. The molecule has 0 bridgehead atoms. The van der Waals surface area contributed by atoms with E-state index in [4.69, 9.17) is 5.11 Å². The summed E-state index contributed by atoms with van der Waals surface area (Å²) in [6.45, 7) is 1.52. The number of benzene rings is 1. The van der Waals surface area contributed by atoms with Gasteiger partial charge in [0.2, 0.25) is 4.34 Å². The van der Waals surface area contributed by atoms with Crippen molar-refractivity contribution in [2.45, 2.75) is 94.1 Å². The Kier molecular flexibility index (Phi) is 7.46. The smallest absolute Gasteiger partial charge is 0.335 e. The molecule has 0 radical (unpaired) electrons. The molecule has 9 heteroatoms. The van der Waals surface area contributed by atoms with E-state index in [1.165, 1.54) is 106 Å². The zero-order chi connectivity index (χ0) is 24.4. The van der Waals surface area contributed by atoms with Crippen LogP contribution in [0.5, 0.6) is 0 Å². The largest absolute Gasteiger partial charge is 0.478 e. The third kappa shape index (κ3) is 5.73. The first-order chi connectivity index (χ1) is 16.9. The monoisotopic (exact) mass is 517 g/mol. The summed E-state index contributed by atoms with van der Waals surface area (Å²) in [7, 11) is -3.80. The fraction of sp³-hybridized carbons (Fsp3) is 0.615. The number of nitrogens with one attached hydrogen (secondary N) is 1. The van der Waals surface area contributed by atoms with Crippen LogP contribution in [0, 0.1) is 11.8 Å². The first kappa shape index (κ1) is 24.7. The lowest BCUT2D eigenvalue weighted by atomic mass is 9.73. The number of rotatable bonds is 6. The van der Waals surface area contributed by atoms with Crippen molar-refractivity contribution in [1.29, 1.82) is 0 Å². The number of nitrogens with zero attached hydrogens (tertiary/aromatic N) is 2. The van der Waals surface area contributed by atoms with Crippen molar-refractivity contribution in [3.63, 3.8) is 0 Å². The second kappa shape index (κ2) is 10.6. The van der Waals surface area contributed by atoms with E-state index in [0.29, 0.717) is 11.7 Å². The zero-order valence-electron chi connectivity index (χ0n) is 20.1. The predicted octanol–water partition coefficient (Wildman–Crippen LogP) is 5.88. The van der Waals surface area contributed by atoms with Gasteiger partial charge in [0.15, 0.2) is 0 Å². The molecule has 0 amide bonds. The van der Waals surface area contributed by atoms with Crippen molar-refractivity contribution in [3.05, 3.63) is 40.4 Å². The molecule has 2 aromatic rings. The molecule has 0 spiro atoms. The van der Waals surface area contributed by atoms with Crippen molar-refractivity contribution in [2.24, 2.45) is 11.8 Å². The second-order valence-corrected chi connectivity index (χ2v) is 13.4. The van der Waals surface area contributed by atoms with Gasteiger partial charge in [0.1, 0.15) is 0 Å². The SMILES string of the molecule is O=C(O)c1ccc(NS(=O)(=O)c2nc3c(s2)CN(C2CCC(C4CCCCCCC4)CC2)C3)cc1. The summed E-state index contributed by atoms with van der Waals surface area (Å²) in [6, 6.07) is 6.25. The topological polar surface area (TPSA) is 99.6 Å². The molecular weight excluding hydrogens is 482 g/mol. The number of fused-ring (bicyclic) bond motifs is 1. The van der Waals surface area contributed by atoms with Crippen molar-refractivity contribution in [1.82, 2.24) is 9.88 Å². The Morgan fingerprint density at radius 1 is 0.914 bits per heavy atom. The minimum atomic E-state index is -3.80. The zero-order valence-corrected chi connectivity index (χ0v) is 21.7. The fourth-order valence-electron chi connectivity index (χ4n) is 6.19. The van der Waals surface area contributed by atoms with Crippen LogP contribution in [0.4, 0.5) is 5.69 Å². The molecule has 190 valence electrons. The second-order valence-electron chi connectivity index (χ2n) is 10.4. The van der Waals surface area contributed by atoms with Gasteiger partial charge in [0.25, 0.3) is 10.0 Å². The molecular formula is C26H35N3O4S2. The summed E-state index contributed by atoms with van der Waals surface area (Å²) in [5.41, 5.74) is 1.33. The lowest BCUT2D eigenvalue weighted by molar-refractivity contribution is 0.0697. The number of aromatic carboxylic acids is 1. The standard InChI is InChI=1S/C26H35N3O4S2/c30-25(31)20-8-12-21(13-9-20)28-35(32,33)26-27-23-16-29(17-24(23)34-26)22-14-10-19(11-15-22)18-6-4-2-1-3-5-7-18/h8-9,12-13,18-19,22,28H,1-7,10-11,14-17H2,(H,30,31). The van der Waals surface area contributed by atoms with Crippen LogP contribution in [-0.2, 0) is 23.1 Å². The number of thiazole rings is 1. The Hall–Kier alpha value is -1.97. The Morgan fingerprint density at radius 3 is 2.17 bits per heavy atom. The summed E-state index contributed by atoms with van der Waals surface area (Å²) in [5.74, 6) is 0.777. The lowest BCUT2D eigenvalue weighted by Gasteiger charge is -2.38. The molecule has 2 heterocycles. The molecule has 2 fully saturated rings. The van der Waals surface area contributed by atoms with Gasteiger partial charge in [-0.3, -0.25) is 9.62 Å². The quantitative estimate of drug-likeness (QED) is 0.497. The van der Waals surface area contributed by atoms with E-state index in [0.717, 1.165) is 35.5 Å². The first-order valence-corrected chi connectivity index (χ1v) is 15.3. The Labute approximate surface area is 212 Å². The molecule has 0 saturated heterocycles. The van der Waals surface area contributed by atoms with E-state index in [2.05, 4.69) is 14.6 Å². The number of aromatic nitrogens is 1. The van der Waals surface area contributed by atoms with Crippen molar-refractivity contribution in [2.75, 3.05) is 4.72 Å². The van der Waals surface area contributed by atoms with Crippen LogP contribution >= 0.6 is 11.3 Å². The number of carboxylic acid groups (broad SMARTS) is 1. The van der Waals surface area contributed by atoms with E-state index in [1.54, 1.807) is 0 Å². The number of hydrogen-bond donors (Lipinski definition) is 2. The van der Waals surface area contributed by atoms with Gasteiger partial charge in [0, 0.05) is 29.7 Å². The van der Waals surface area contributed by atoms with Gasteiger partial charge in [0.05, 0.1) is 11.3 Å². The third-order valence-electron chi connectivity index (χ3n) is 8.15. The molecule has 3 aliphatic rings. The van der Waals surface area contributed by atoms with E-state index in [-0.39, 0.29) is 9.90 Å². The summed E-state index contributed by atoms with van der Waals surface area (Å²) in [6.07, 6.45) is 15.1. The minimum absolute atomic E-state index is 0.0810. The average Bonchev–Trinajstić information content (AvgIpc) is 3.40. The predicted molar refractivity (Wildman–Crippen MR) is 137 cm³/mol. The molecule has 5 rings (SSSR count). The van der Waals surface area contributed by atoms with E-state index >= 15 is 0 Å². The molecule has 2 N–H and O–H groups in total. The van der Waals surface area contributed by atoms with Crippen LogP contribution in [0.3, 0.4) is 0 Å². The van der Waals surface area contributed by atoms with Gasteiger partial charge in [-0.05, 0) is 61.8 Å². The molecule has 1 aliphatic heterocycles. The summed E-state index contributed by atoms with van der Waals surface area (Å²) < 4.78 is 28.3. The molecule has 2 saturated carbocycles. The molecule has 7 nitrogen and oxygen atoms in total. The summed E-state index contributed by atoms with van der Waals surface area (Å²) in [5, 5.41) is 9.01. The van der Waals surface area contributed by atoms with Crippen LogP contribution in [-0.4, -0.2) is 35.4 Å². The summed E-state index contributed by atoms with van der Waals surface area (Å²) >= 11 is 1.25. The highest BCUT2D eigenvalue weighted by Crippen LogP contribution is 2.41. The maximum atomic E-state index is 12.8.